The molecule has 1 rings (SSSR count). The van der Waals surface area contributed by atoms with E-state index in [1.165, 1.54) is 19.1 Å². The second-order valence-corrected chi connectivity index (χ2v) is 4.96. The van der Waals surface area contributed by atoms with Gasteiger partial charge in [-0.2, -0.15) is 0 Å². The van der Waals surface area contributed by atoms with Gasteiger partial charge in [0.1, 0.15) is 10.2 Å². The van der Waals surface area contributed by atoms with E-state index in [0.29, 0.717) is 0 Å². The van der Waals surface area contributed by atoms with Crippen molar-refractivity contribution in [3.05, 3.63) is 51.7 Å². The minimum Gasteiger partial charge on any atom is -0.506 e. The maximum Gasteiger partial charge on any atom is 0.347 e. The highest BCUT2D eigenvalue weighted by Gasteiger charge is 2.29. The summed E-state index contributed by atoms with van der Waals surface area (Å²) >= 11 is 2.83. The lowest BCUT2D eigenvalue weighted by atomic mass is 10.1. The predicted molar refractivity (Wildman–Crippen MR) is 85.4 cm³/mol. The first-order valence-corrected chi connectivity index (χ1v) is 7.19. The van der Waals surface area contributed by atoms with Gasteiger partial charge in [-0.05, 0) is 22.9 Å². The lowest BCUT2D eigenvalue weighted by Gasteiger charge is -2.08. The molecule has 0 saturated carbocycles. The first-order chi connectivity index (χ1) is 10.8. The number of ether oxygens (including phenoxy) is 1. The number of carbonyl (C=O) groups excluding carboxylic acids is 3. The Bertz CT molecular complexity index is 693. The van der Waals surface area contributed by atoms with Crippen molar-refractivity contribution < 1.29 is 29.3 Å². The summed E-state index contributed by atoms with van der Waals surface area (Å²) in [7, 11) is 0. The number of hydrogen-bond acceptors (Lipinski definition) is 6. The van der Waals surface area contributed by atoms with Crippen molar-refractivity contribution >= 4 is 39.3 Å². The Morgan fingerprint density at radius 2 is 1.74 bits per heavy atom. The van der Waals surface area contributed by atoms with Gasteiger partial charge in [-0.3, -0.25) is 9.59 Å². The first kappa shape index (κ1) is 18.4. The number of primary amides is 1. The van der Waals surface area contributed by atoms with E-state index in [2.05, 4.69) is 20.7 Å². The van der Waals surface area contributed by atoms with Crippen LogP contribution in [-0.2, 0) is 19.1 Å². The number of allylic oxidation sites excluding steroid dienone is 1. The van der Waals surface area contributed by atoms with Gasteiger partial charge in [-0.15, -0.1) is 0 Å². The van der Waals surface area contributed by atoms with Crippen molar-refractivity contribution in [1.82, 2.24) is 0 Å². The predicted octanol–water partition coefficient (Wildman–Crippen LogP) is 1.74. The average Bonchev–Trinajstić information content (AvgIpc) is 2.53. The minimum absolute atomic E-state index is 0.0800. The van der Waals surface area contributed by atoms with Crippen LogP contribution in [0.2, 0.25) is 0 Å². The Morgan fingerprint density at radius 1 is 1.17 bits per heavy atom. The van der Waals surface area contributed by atoms with Crippen molar-refractivity contribution in [3.8, 4) is 0 Å². The number of aliphatic hydroxyl groups is 2. The largest absolute Gasteiger partial charge is 0.506 e. The van der Waals surface area contributed by atoms with E-state index in [9.17, 15) is 24.6 Å². The Morgan fingerprint density at radius 3 is 2.22 bits per heavy atom. The third-order valence-corrected chi connectivity index (χ3v) is 3.37. The lowest BCUT2D eigenvalue weighted by Crippen LogP contribution is -2.26. The number of aliphatic hydroxyl groups excluding tert-OH is 2. The van der Waals surface area contributed by atoms with Gasteiger partial charge in [-0.25, -0.2) is 4.79 Å². The van der Waals surface area contributed by atoms with Crippen LogP contribution in [0.15, 0.2) is 46.1 Å². The van der Waals surface area contributed by atoms with E-state index in [0.717, 1.165) is 0 Å². The number of halogens is 1. The monoisotopic (exact) mass is 383 g/mol. The minimum atomic E-state index is -1.33. The highest BCUT2D eigenvalue weighted by molar-refractivity contribution is 9.12. The Balaban J connectivity index is 3.31. The van der Waals surface area contributed by atoms with Crippen molar-refractivity contribution in [2.24, 2.45) is 5.73 Å². The quantitative estimate of drug-likeness (QED) is 0.225. The molecule has 7 nitrogen and oxygen atoms in total. The molecular formula is C15H14BrNO6. The number of ketones is 1. The van der Waals surface area contributed by atoms with Crippen molar-refractivity contribution in [2.75, 3.05) is 6.61 Å². The summed E-state index contributed by atoms with van der Waals surface area (Å²) in [5.41, 5.74) is 4.29. The third-order valence-electron chi connectivity index (χ3n) is 2.63. The smallest absolute Gasteiger partial charge is 0.347 e. The SMILES string of the molecule is CCOC(=O)C(C(N)=O)=C(O)C(=O)/C(Br)=C(\O)c1ccccc1. The Labute approximate surface area is 140 Å². The first-order valence-electron chi connectivity index (χ1n) is 6.40. The Hall–Kier alpha value is -2.61. The molecule has 0 aliphatic heterocycles. The van der Waals surface area contributed by atoms with Gasteiger partial charge in [0.15, 0.2) is 11.3 Å². The number of carbonyl (C=O) groups is 3. The van der Waals surface area contributed by atoms with Crippen LogP contribution in [0.3, 0.4) is 0 Å². The van der Waals surface area contributed by atoms with Gasteiger partial charge in [0.05, 0.1) is 6.61 Å². The van der Waals surface area contributed by atoms with Gasteiger partial charge >= 0.3 is 5.97 Å². The molecule has 1 aromatic carbocycles. The number of hydrogen-bond donors (Lipinski definition) is 3. The molecular weight excluding hydrogens is 370 g/mol. The van der Waals surface area contributed by atoms with E-state index in [-0.39, 0.29) is 12.2 Å². The van der Waals surface area contributed by atoms with Crippen LogP contribution >= 0.6 is 15.9 Å². The summed E-state index contributed by atoms with van der Waals surface area (Å²) < 4.78 is 4.12. The topological polar surface area (TPSA) is 127 Å². The molecule has 0 bridgehead atoms. The van der Waals surface area contributed by atoms with Crippen LogP contribution in [-0.4, -0.2) is 34.5 Å². The lowest BCUT2D eigenvalue weighted by molar-refractivity contribution is -0.140. The van der Waals surface area contributed by atoms with Crippen molar-refractivity contribution in [2.45, 2.75) is 6.92 Å². The summed E-state index contributed by atoms with van der Waals surface area (Å²) in [5, 5.41) is 19.9. The van der Waals surface area contributed by atoms with Gasteiger partial charge in [0.25, 0.3) is 5.91 Å². The van der Waals surface area contributed by atoms with E-state index < -0.39 is 39.2 Å². The van der Waals surface area contributed by atoms with Gasteiger partial charge in [0, 0.05) is 5.56 Å². The highest BCUT2D eigenvalue weighted by Crippen LogP contribution is 2.24. The fourth-order valence-corrected chi connectivity index (χ4v) is 1.98. The fraction of sp³-hybridized carbons (Fsp3) is 0.133. The molecule has 0 radical (unpaired) electrons. The molecule has 8 heteroatoms. The van der Waals surface area contributed by atoms with Crippen LogP contribution in [0.25, 0.3) is 5.76 Å². The maximum atomic E-state index is 12.1. The molecule has 0 fully saturated rings. The van der Waals surface area contributed by atoms with E-state index in [4.69, 9.17) is 5.73 Å². The Kier molecular flexibility index (Phi) is 6.52. The van der Waals surface area contributed by atoms with Gasteiger partial charge in [-0.1, -0.05) is 30.3 Å². The van der Waals surface area contributed by atoms with E-state index in [1.807, 2.05) is 0 Å². The number of esters is 1. The third kappa shape index (κ3) is 4.43. The number of Topliss-reactive ketones (excluding diaryl/α,β-unsaturated/α-hetero) is 1. The molecule has 0 saturated heterocycles. The van der Waals surface area contributed by atoms with E-state index in [1.54, 1.807) is 18.2 Å². The molecule has 0 spiro atoms. The highest BCUT2D eigenvalue weighted by atomic mass is 79.9. The summed E-state index contributed by atoms with van der Waals surface area (Å²) in [5.74, 6) is -5.44. The van der Waals surface area contributed by atoms with Gasteiger partial charge < -0.3 is 20.7 Å². The molecule has 122 valence electrons. The van der Waals surface area contributed by atoms with Crippen LogP contribution in [0, 0.1) is 0 Å². The molecule has 4 N–H and O–H groups in total. The standard InChI is InChI=1S/C15H14BrNO6/c1-2-23-15(22)9(14(17)21)12(19)13(20)10(16)11(18)8-6-4-3-5-7-8/h3-7,18-19H,2H2,1H3,(H2,17,21)/b11-10+,12-9?. The second kappa shape index (κ2) is 8.14. The molecule has 0 aliphatic carbocycles. The molecule has 0 atom stereocenters. The van der Waals surface area contributed by atoms with Crippen molar-refractivity contribution in [1.29, 1.82) is 0 Å². The molecule has 0 aliphatic rings. The van der Waals surface area contributed by atoms with E-state index >= 15 is 0 Å². The fourth-order valence-electron chi connectivity index (χ4n) is 1.56. The van der Waals surface area contributed by atoms with Gasteiger partial charge in [0.2, 0.25) is 5.78 Å². The van der Waals surface area contributed by atoms with Crippen LogP contribution in [0.5, 0.6) is 0 Å². The zero-order valence-electron chi connectivity index (χ0n) is 12.1. The zero-order valence-corrected chi connectivity index (χ0v) is 13.7. The number of nitrogens with two attached hydrogens (primary N) is 1. The van der Waals surface area contributed by atoms with Crippen LogP contribution in [0.4, 0.5) is 0 Å². The molecule has 1 amide bonds. The average molecular weight is 384 g/mol. The number of rotatable bonds is 6. The summed E-state index contributed by atoms with van der Waals surface area (Å²) in [4.78, 5) is 35.0. The maximum absolute atomic E-state index is 12.1. The zero-order chi connectivity index (χ0) is 17.6. The summed E-state index contributed by atoms with van der Waals surface area (Å²) in [6.45, 7) is 1.40. The molecule has 23 heavy (non-hydrogen) atoms. The molecule has 1 aromatic rings. The number of amides is 1. The van der Waals surface area contributed by atoms with Crippen LogP contribution in [0.1, 0.15) is 12.5 Å². The molecule has 0 aromatic heterocycles. The van der Waals surface area contributed by atoms with Crippen LogP contribution < -0.4 is 5.73 Å². The molecule has 0 heterocycles. The normalized spacial score (nSPS) is 12.8. The summed E-state index contributed by atoms with van der Waals surface area (Å²) in [6.07, 6.45) is 0. The summed E-state index contributed by atoms with van der Waals surface area (Å²) in [6, 6.07) is 7.99. The molecule has 0 unspecified atom stereocenters. The van der Waals surface area contributed by atoms with Crippen molar-refractivity contribution in [3.63, 3.8) is 0 Å². The second-order valence-electron chi connectivity index (χ2n) is 4.17. The number of benzene rings is 1.